The van der Waals surface area contributed by atoms with Crippen molar-refractivity contribution in [1.29, 1.82) is 0 Å². The molecule has 0 saturated carbocycles. The van der Waals surface area contributed by atoms with Gasteiger partial charge in [0.15, 0.2) is 6.73 Å². The van der Waals surface area contributed by atoms with E-state index >= 15 is 0 Å². The molecule has 0 unspecified atom stereocenters. The molecule has 1 fully saturated rings. The van der Waals surface area contributed by atoms with Gasteiger partial charge in [-0.25, -0.2) is 9.59 Å². The fourth-order valence-electron chi connectivity index (χ4n) is 3.74. The summed E-state index contributed by atoms with van der Waals surface area (Å²) in [6.45, 7) is -0.111. The molecule has 0 bridgehead atoms. The lowest BCUT2D eigenvalue weighted by atomic mass is 9.98. The molecule has 7 heteroatoms. The third kappa shape index (κ3) is 3.09. The van der Waals surface area contributed by atoms with Crippen LogP contribution in [0.5, 0.6) is 0 Å². The maximum Gasteiger partial charge on any atom is 0.413 e. The summed E-state index contributed by atoms with van der Waals surface area (Å²) in [5.74, 6) is -1.33. The number of benzene rings is 2. The minimum absolute atomic E-state index is 0.0883. The number of cyclic esters (lactones) is 1. The van der Waals surface area contributed by atoms with Crippen LogP contribution in [0.15, 0.2) is 48.5 Å². The molecule has 0 aromatic heterocycles. The second-order valence-corrected chi connectivity index (χ2v) is 6.66. The van der Waals surface area contributed by atoms with Crippen molar-refractivity contribution in [3.63, 3.8) is 0 Å². The number of ether oxygens (including phenoxy) is 3. The van der Waals surface area contributed by atoms with Gasteiger partial charge in [0, 0.05) is 5.92 Å². The van der Waals surface area contributed by atoms with E-state index in [1.165, 1.54) is 7.11 Å². The molecule has 0 N–H and O–H groups in total. The van der Waals surface area contributed by atoms with Gasteiger partial charge in [-0.3, -0.25) is 9.69 Å². The van der Waals surface area contributed by atoms with Gasteiger partial charge in [0.1, 0.15) is 12.6 Å². The lowest BCUT2D eigenvalue weighted by Crippen LogP contribution is -2.40. The number of rotatable bonds is 4. The van der Waals surface area contributed by atoms with Gasteiger partial charge in [0.25, 0.3) is 0 Å². The van der Waals surface area contributed by atoms with E-state index in [2.05, 4.69) is 16.9 Å². The summed E-state index contributed by atoms with van der Waals surface area (Å²) in [5.41, 5.74) is 4.44. The summed E-state index contributed by atoms with van der Waals surface area (Å²) in [6, 6.07) is 15.0. The first kappa shape index (κ1) is 18.0. The number of amides is 1. The van der Waals surface area contributed by atoms with Crippen LogP contribution in [0, 0.1) is 0 Å². The highest BCUT2D eigenvalue weighted by Gasteiger charge is 2.41. The molecule has 0 spiro atoms. The SMILES string of the molecule is COC(=O)C[C@H]1C(=O)OCN1C(=O)OCC1c2ccccc2-c2ccccc21. The zero-order valence-corrected chi connectivity index (χ0v) is 15.3. The molecule has 7 nitrogen and oxygen atoms in total. The van der Waals surface area contributed by atoms with Crippen molar-refractivity contribution in [3.8, 4) is 11.1 Å². The van der Waals surface area contributed by atoms with Crippen LogP contribution in [0.25, 0.3) is 11.1 Å². The summed E-state index contributed by atoms with van der Waals surface area (Å²) in [6.07, 6.45) is -0.957. The maximum atomic E-state index is 12.6. The number of methoxy groups -OCH3 is 1. The van der Waals surface area contributed by atoms with Crippen LogP contribution >= 0.6 is 0 Å². The first-order chi connectivity index (χ1) is 13.6. The molecule has 0 radical (unpaired) electrons. The van der Waals surface area contributed by atoms with E-state index in [0.717, 1.165) is 27.2 Å². The number of carbonyl (C=O) groups is 3. The predicted molar refractivity (Wildman–Crippen MR) is 98.3 cm³/mol. The van der Waals surface area contributed by atoms with Crippen LogP contribution in [-0.2, 0) is 23.8 Å². The molecular formula is C21H19NO6. The topological polar surface area (TPSA) is 82.1 Å². The number of hydrogen-bond donors (Lipinski definition) is 0. The van der Waals surface area contributed by atoms with Gasteiger partial charge in [-0.05, 0) is 22.3 Å². The molecule has 28 heavy (non-hydrogen) atoms. The fraction of sp³-hybridized carbons (Fsp3) is 0.286. The second-order valence-electron chi connectivity index (χ2n) is 6.66. The average Bonchev–Trinajstić information content (AvgIpc) is 3.24. The number of nitrogens with zero attached hydrogens (tertiary/aromatic N) is 1. The number of hydrogen-bond acceptors (Lipinski definition) is 6. The Balaban J connectivity index is 1.49. The zero-order chi connectivity index (χ0) is 19.7. The van der Waals surface area contributed by atoms with Gasteiger partial charge >= 0.3 is 18.0 Å². The Hall–Kier alpha value is -3.35. The van der Waals surface area contributed by atoms with Crippen LogP contribution in [-0.4, -0.2) is 49.4 Å². The van der Waals surface area contributed by atoms with Gasteiger partial charge in [0.2, 0.25) is 0 Å². The first-order valence-electron chi connectivity index (χ1n) is 8.95. The van der Waals surface area contributed by atoms with E-state index in [1.54, 1.807) is 0 Å². The third-order valence-electron chi connectivity index (χ3n) is 5.15. The Labute approximate surface area is 161 Å². The standard InChI is InChI=1S/C21H19NO6/c1-26-19(23)10-18-20(24)28-12-22(18)21(25)27-11-17-15-8-4-2-6-13(15)14-7-3-5-9-16(14)17/h2-9,17-18H,10-12H2,1H3/t18-/m0/s1. The highest BCUT2D eigenvalue weighted by atomic mass is 16.6. The molecule has 1 amide bonds. The van der Waals surface area contributed by atoms with Gasteiger partial charge in [-0.1, -0.05) is 48.5 Å². The minimum Gasteiger partial charge on any atom is -0.469 e. The molecule has 4 rings (SSSR count). The molecule has 1 heterocycles. The molecule has 2 aromatic carbocycles. The predicted octanol–water partition coefficient (Wildman–Crippen LogP) is 2.68. The van der Waals surface area contributed by atoms with Gasteiger partial charge in [-0.2, -0.15) is 0 Å². The zero-order valence-electron chi connectivity index (χ0n) is 15.3. The Morgan fingerprint density at radius 1 is 1.07 bits per heavy atom. The summed E-state index contributed by atoms with van der Waals surface area (Å²) < 4.78 is 15.0. The van der Waals surface area contributed by atoms with E-state index in [1.807, 2.05) is 36.4 Å². The van der Waals surface area contributed by atoms with Crippen molar-refractivity contribution in [3.05, 3.63) is 59.7 Å². The lowest BCUT2D eigenvalue weighted by Gasteiger charge is -2.21. The van der Waals surface area contributed by atoms with Gasteiger partial charge in [-0.15, -0.1) is 0 Å². The van der Waals surface area contributed by atoms with Crippen LogP contribution in [0.4, 0.5) is 4.79 Å². The molecular weight excluding hydrogens is 362 g/mol. The van der Waals surface area contributed by atoms with E-state index < -0.39 is 24.1 Å². The Morgan fingerprint density at radius 2 is 1.68 bits per heavy atom. The van der Waals surface area contributed by atoms with Gasteiger partial charge < -0.3 is 14.2 Å². The van der Waals surface area contributed by atoms with Crippen molar-refractivity contribution in [2.75, 3.05) is 20.4 Å². The quantitative estimate of drug-likeness (QED) is 0.598. The molecule has 144 valence electrons. The molecule has 1 saturated heterocycles. The third-order valence-corrected chi connectivity index (χ3v) is 5.15. The highest BCUT2D eigenvalue weighted by Crippen LogP contribution is 2.44. The summed E-state index contributed by atoms with van der Waals surface area (Å²) in [4.78, 5) is 37.1. The smallest absolute Gasteiger partial charge is 0.413 e. The monoisotopic (exact) mass is 381 g/mol. The van der Waals surface area contributed by atoms with Crippen molar-refractivity contribution >= 4 is 18.0 Å². The van der Waals surface area contributed by atoms with E-state index in [-0.39, 0.29) is 25.7 Å². The minimum atomic E-state index is -1.02. The number of esters is 2. The second kappa shape index (κ2) is 7.34. The van der Waals surface area contributed by atoms with Crippen LogP contribution < -0.4 is 0 Å². The van der Waals surface area contributed by atoms with Crippen LogP contribution in [0.3, 0.4) is 0 Å². The van der Waals surface area contributed by atoms with Crippen molar-refractivity contribution in [1.82, 2.24) is 4.90 Å². The summed E-state index contributed by atoms with van der Waals surface area (Å²) in [5, 5.41) is 0. The molecule has 2 aromatic rings. The molecule has 2 aliphatic rings. The lowest BCUT2D eigenvalue weighted by molar-refractivity contribution is -0.146. The van der Waals surface area contributed by atoms with E-state index in [9.17, 15) is 14.4 Å². The summed E-state index contributed by atoms with van der Waals surface area (Å²) in [7, 11) is 1.22. The Bertz CT molecular complexity index is 894. The molecule has 1 aliphatic heterocycles. The molecule has 1 aliphatic carbocycles. The Morgan fingerprint density at radius 3 is 2.29 bits per heavy atom. The van der Waals surface area contributed by atoms with Crippen LogP contribution in [0.2, 0.25) is 0 Å². The van der Waals surface area contributed by atoms with Crippen molar-refractivity contribution < 1.29 is 28.6 Å². The average molecular weight is 381 g/mol. The largest absolute Gasteiger partial charge is 0.469 e. The fourth-order valence-corrected chi connectivity index (χ4v) is 3.74. The number of fused-ring (bicyclic) bond motifs is 3. The highest BCUT2D eigenvalue weighted by molar-refractivity contribution is 5.88. The Kier molecular flexibility index (Phi) is 4.73. The van der Waals surface area contributed by atoms with Gasteiger partial charge in [0.05, 0.1) is 13.5 Å². The van der Waals surface area contributed by atoms with Crippen LogP contribution in [0.1, 0.15) is 23.5 Å². The van der Waals surface area contributed by atoms with E-state index in [0.29, 0.717) is 0 Å². The first-order valence-corrected chi connectivity index (χ1v) is 8.95. The van der Waals surface area contributed by atoms with Crippen molar-refractivity contribution in [2.24, 2.45) is 0 Å². The molecule has 1 atom stereocenters. The number of carbonyl (C=O) groups excluding carboxylic acids is 3. The normalized spacial score (nSPS) is 17.7. The maximum absolute atomic E-state index is 12.6. The van der Waals surface area contributed by atoms with Crippen molar-refractivity contribution in [2.45, 2.75) is 18.4 Å². The van der Waals surface area contributed by atoms with E-state index in [4.69, 9.17) is 9.47 Å². The summed E-state index contributed by atoms with van der Waals surface area (Å²) >= 11 is 0.